The summed E-state index contributed by atoms with van der Waals surface area (Å²) in [5.41, 5.74) is 4.80. The summed E-state index contributed by atoms with van der Waals surface area (Å²) < 4.78 is 1.92. The number of nitrogens with zero attached hydrogens (tertiary/aromatic N) is 4. The van der Waals surface area contributed by atoms with Crippen LogP contribution in [-0.2, 0) is 19.4 Å². The van der Waals surface area contributed by atoms with Gasteiger partial charge in [0.05, 0.1) is 6.54 Å². The van der Waals surface area contributed by atoms with Crippen LogP contribution in [0.15, 0.2) is 48.5 Å². The molecule has 1 N–H and O–H groups in total. The Morgan fingerprint density at radius 2 is 1.88 bits per heavy atom. The van der Waals surface area contributed by atoms with Gasteiger partial charge in [-0.1, -0.05) is 25.5 Å². The number of aryl methyl sites for hydroxylation is 1. The molecular formula is C26H29N5O2. The van der Waals surface area contributed by atoms with Gasteiger partial charge in [0.15, 0.2) is 5.82 Å². The lowest BCUT2D eigenvalue weighted by Crippen LogP contribution is -2.34. The number of hydrogen-bond acceptors (Lipinski definition) is 4. The van der Waals surface area contributed by atoms with Crippen LogP contribution in [0.1, 0.15) is 51.6 Å². The van der Waals surface area contributed by atoms with Crippen molar-refractivity contribution in [1.29, 1.82) is 0 Å². The molecule has 7 nitrogen and oxygen atoms in total. The Bertz CT molecular complexity index is 1200. The molecule has 2 aliphatic rings. The van der Waals surface area contributed by atoms with Crippen molar-refractivity contribution in [1.82, 2.24) is 14.7 Å². The van der Waals surface area contributed by atoms with Crippen LogP contribution in [0, 0.1) is 0 Å². The number of rotatable bonds is 6. The molecule has 0 saturated carbocycles. The first-order valence-electron chi connectivity index (χ1n) is 11.7. The van der Waals surface area contributed by atoms with E-state index < -0.39 is 0 Å². The third-order valence-electron chi connectivity index (χ3n) is 6.54. The fraction of sp³-hybridized carbons (Fsp3) is 0.346. The molecule has 1 aromatic heterocycles. The number of nitrogens with one attached hydrogen (secondary N) is 1. The second-order valence-electron chi connectivity index (χ2n) is 8.84. The molecule has 7 heteroatoms. The van der Waals surface area contributed by atoms with Crippen LogP contribution in [0.5, 0.6) is 0 Å². The molecule has 0 unspecified atom stereocenters. The quantitative estimate of drug-likeness (QED) is 0.618. The zero-order valence-corrected chi connectivity index (χ0v) is 19.2. The molecule has 0 atom stereocenters. The van der Waals surface area contributed by atoms with E-state index in [2.05, 4.69) is 28.3 Å². The second kappa shape index (κ2) is 8.73. The number of fused-ring (bicyclic) bond motifs is 2. The van der Waals surface area contributed by atoms with Crippen molar-refractivity contribution in [3.63, 3.8) is 0 Å². The topological polar surface area (TPSA) is 70.5 Å². The van der Waals surface area contributed by atoms with Gasteiger partial charge in [-0.3, -0.25) is 9.59 Å². The molecule has 5 rings (SSSR count). The third-order valence-corrected chi connectivity index (χ3v) is 6.54. The monoisotopic (exact) mass is 443 g/mol. The largest absolute Gasteiger partial charge is 0.341 e. The smallest absolute Gasteiger partial charge is 0.256 e. The van der Waals surface area contributed by atoms with E-state index in [0.29, 0.717) is 11.4 Å². The maximum absolute atomic E-state index is 12.7. The average molecular weight is 444 g/mol. The molecule has 170 valence electrons. The van der Waals surface area contributed by atoms with Crippen LogP contribution < -0.4 is 10.2 Å². The van der Waals surface area contributed by atoms with Crippen molar-refractivity contribution >= 4 is 29.1 Å². The predicted molar refractivity (Wildman–Crippen MR) is 129 cm³/mol. The number of hydrogen-bond donors (Lipinski definition) is 1. The van der Waals surface area contributed by atoms with Gasteiger partial charge in [0.1, 0.15) is 5.82 Å². The Kier molecular flexibility index (Phi) is 5.62. The van der Waals surface area contributed by atoms with Gasteiger partial charge < -0.3 is 15.1 Å². The van der Waals surface area contributed by atoms with E-state index in [1.807, 2.05) is 54.2 Å². The molecule has 0 aliphatic carbocycles. The number of likely N-dealkylation sites (N-methyl/N-ethyl adjacent to an activating group) is 1. The molecule has 0 spiro atoms. The van der Waals surface area contributed by atoms with Crippen LogP contribution in [0.25, 0.3) is 0 Å². The first-order chi connectivity index (χ1) is 16.0. The summed E-state index contributed by atoms with van der Waals surface area (Å²) in [6, 6.07) is 15.8. The van der Waals surface area contributed by atoms with Crippen molar-refractivity contribution in [3.05, 3.63) is 70.8 Å². The Morgan fingerprint density at radius 1 is 1.06 bits per heavy atom. The molecular weight excluding hydrogens is 414 g/mol. The van der Waals surface area contributed by atoms with E-state index in [4.69, 9.17) is 0 Å². The standard InChI is InChI=1S/C26H29N5O2/c1-3-4-5-18-6-8-19(9-7-18)25(32)27-23-17-24-30(14-15-31(24)28-23)21-10-11-22-20(16-21)12-13-29(2)26(22)33/h6-11,16-17H,3-5,12-15H2,1-2H3,(H,27,28,32). The molecule has 0 radical (unpaired) electrons. The van der Waals surface area contributed by atoms with E-state index in [0.717, 1.165) is 67.9 Å². The van der Waals surface area contributed by atoms with Crippen molar-refractivity contribution in [2.45, 2.75) is 39.2 Å². The molecule has 0 fully saturated rings. The highest BCUT2D eigenvalue weighted by molar-refractivity contribution is 6.04. The summed E-state index contributed by atoms with van der Waals surface area (Å²) in [6.45, 7) is 4.47. The number of carbonyl (C=O) groups is 2. The number of benzene rings is 2. The fourth-order valence-corrected chi connectivity index (χ4v) is 4.57. The van der Waals surface area contributed by atoms with Crippen LogP contribution in [-0.4, -0.2) is 46.6 Å². The van der Waals surface area contributed by atoms with Crippen molar-refractivity contribution < 1.29 is 9.59 Å². The SMILES string of the molecule is CCCCc1ccc(C(=O)Nc2cc3n(n2)CCN3c2ccc3c(c2)CCN(C)C3=O)cc1. The van der Waals surface area contributed by atoms with Crippen LogP contribution >= 0.6 is 0 Å². The number of amides is 2. The van der Waals surface area contributed by atoms with Gasteiger partial charge in [0, 0.05) is 43.0 Å². The number of carbonyl (C=O) groups excluding carboxylic acids is 2. The first-order valence-corrected chi connectivity index (χ1v) is 11.7. The highest BCUT2D eigenvalue weighted by atomic mass is 16.2. The lowest BCUT2D eigenvalue weighted by molar-refractivity contribution is 0.0780. The Hall–Kier alpha value is -3.61. The third kappa shape index (κ3) is 4.11. The zero-order valence-electron chi connectivity index (χ0n) is 19.2. The predicted octanol–water partition coefficient (Wildman–Crippen LogP) is 4.26. The van der Waals surface area contributed by atoms with Crippen molar-refractivity contribution in [2.75, 3.05) is 30.4 Å². The van der Waals surface area contributed by atoms with Crippen molar-refractivity contribution in [3.8, 4) is 0 Å². The second-order valence-corrected chi connectivity index (χ2v) is 8.84. The summed E-state index contributed by atoms with van der Waals surface area (Å²) in [5, 5.41) is 7.52. The highest BCUT2D eigenvalue weighted by Crippen LogP contribution is 2.34. The lowest BCUT2D eigenvalue weighted by Gasteiger charge is -2.26. The maximum Gasteiger partial charge on any atom is 0.256 e. The minimum atomic E-state index is -0.156. The molecule has 3 aromatic rings. The van der Waals surface area contributed by atoms with Gasteiger partial charge in [0.2, 0.25) is 0 Å². The molecule has 0 saturated heterocycles. The zero-order chi connectivity index (χ0) is 22.9. The summed E-state index contributed by atoms with van der Waals surface area (Å²) in [4.78, 5) is 29.1. The van der Waals surface area contributed by atoms with Crippen molar-refractivity contribution in [2.24, 2.45) is 0 Å². The fourth-order valence-electron chi connectivity index (χ4n) is 4.57. The van der Waals surface area contributed by atoms with E-state index in [-0.39, 0.29) is 11.8 Å². The van der Waals surface area contributed by atoms with Gasteiger partial charge in [0.25, 0.3) is 11.8 Å². The number of unbranched alkanes of at least 4 members (excludes halogenated alkanes) is 1. The molecule has 2 aliphatic heterocycles. The van der Waals surface area contributed by atoms with E-state index >= 15 is 0 Å². The minimum Gasteiger partial charge on any atom is -0.341 e. The van der Waals surface area contributed by atoms with Gasteiger partial charge in [-0.05, 0) is 60.7 Å². The molecule has 2 aromatic carbocycles. The van der Waals surface area contributed by atoms with Gasteiger partial charge >= 0.3 is 0 Å². The Labute approximate surface area is 194 Å². The van der Waals surface area contributed by atoms with Crippen LogP contribution in [0.3, 0.4) is 0 Å². The molecule has 0 bridgehead atoms. The minimum absolute atomic E-state index is 0.0812. The van der Waals surface area contributed by atoms with Gasteiger partial charge in [-0.15, -0.1) is 0 Å². The Balaban J connectivity index is 1.31. The summed E-state index contributed by atoms with van der Waals surface area (Å²) >= 11 is 0. The van der Waals surface area contributed by atoms with Gasteiger partial charge in [-0.2, -0.15) is 5.10 Å². The normalized spacial score (nSPS) is 14.9. The summed E-state index contributed by atoms with van der Waals surface area (Å²) in [5.74, 6) is 1.42. The highest BCUT2D eigenvalue weighted by Gasteiger charge is 2.26. The van der Waals surface area contributed by atoms with Crippen LogP contribution in [0.2, 0.25) is 0 Å². The number of anilines is 3. The molecule has 2 amide bonds. The molecule has 33 heavy (non-hydrogen) atoms. The van der Waals surface area contributed by atoms with E-state index in [9.17, 15) is 9.59 Å². The summed E-state index contributed by atoms with van der Waals surface area (Å²) in [6.07, 6.45) is 4.21. The van der Waals surface area contributed by atoms with Crippen LogP contribution in [0.4, 0.5) is 17.3 Å². The average Bonchev–Trinajstić information content (AvgIpc) is 3.40. The summed E-state index contributed by atoms with van der Waals surface area (Å²) in [7, 11) is 1.84. The number of aromatic nitrogens is 2. The van der Waals surface area contributed by atoms with E-state index in [1.165, 1.54) is 5.56 Å². The van der Waals surface area contributed by atoms with Gasteiger partial charge in [-0.25, -0.2) is 4.68 Å². The maximum atomic E-state index is 12.7. The van der Waals surface area contributed by atoms with E-state index in [1.54, 1.807) is 4.90 Å². The first kappa shape index (κ1) is 21.2. The molecule has 3 heterocycles. The lowest BCUT2D eigenvalue weighted by atomic mass is 9.98. The Morgan fingerprint density at radius 3 is 2.67 bits per heavy atom.